The molecule has 0 saturated carbocycles. The van der Waals surface area contributed by atoms with Crippen molar-refractivity contribution < 1.29 is 9.53 Å². The monoisotopic (exact) mass is 408 g/mol. The topological polar surface area (TPSA) is 59.7 Å². The number of hydrogen-bond acceptors (Lipinski definition) is 5. The van der Waals surface area contributed by atoms with Crippen molar-refractivity contribution in [1.82, 2.24) is 14.6 Å². The predicted molar refractivity (Wildman–Crippen MR) is 101 cm³/mol. The van der Waals surface area contributed by atoms with Gasteiger partial charge in [0.25, 0.3) is 0 Å². The van der Waals surface area contributed by atoms with Crippen molar-refractivity contribution in [3.63, 3.8) is 0 Å². The molecule has 0 spiro atoms. The van der Waals surface area contributed by atoms with Crippen LogP contribution in [0.15, 0.2) is 17.0 Å². The van der Waals surface area contributed by atoms with Crippen LogP contribution < -0.4 is 4.90 Å². The van der Waals surface area contributed by atoms with Crippen LogP contribution in [0.4, 0.5) is 5.82 Å². The van der Waals surface area contributed by atoms with Gasteiger partial charge in [0.05, 0.1) is 5.92 Å². The third kappa shape index (κ3) is 3.66. The number of carbonyl (C=O) groups excluding carboxylic acids is 1. The molecule has 2 aromatic heterocycles. The van der Waals surface area contributed by atoms with E-state index in [1.165, 1.54) is 0 Å². The Hall–Kier alpha value is -1.63. The Bertz CT molecular complexity index is 796. The van der Waals surface area contributed by atoms with Gasteiger partial charge in [-0.25, -0.2) is 9.50 Å². The molecule has 1 aliphatic rings. The number of rotatable bonds is 2. The molecule has 2 atom stereocenters. The Balaban J connectivity index is 1.82. The van der Waals surface area contributed by atoms with Gasteiger partial charge in [0.2, 0.25) is 0 Å². The second kappa shape index (κ2) is 6.59. The van der Waals surface area contributed by atoms with Crippen LogP contribution in [0.1, 0.15) is 46.1 Å². The molecule has 0 aliphatic carbocycles. The summed E-state index contributed by atoms with van der Waals surface area (Å²) in [6.45, 7) is 10.7. The molecule has 6 nitrogen and oxygen atoms in total. The summed E-state index contributed by atoms with van der Waals surface area (Å²) < 4.78 is 8.35. The molecule has 0 radical (unpaired) electrons. The first kappa shape index (κ1) is 18.2. The molecule has 7 heteroatoms. The van der Waals surface area contributed by atoms with Crippen molar-refractivity contribution in [3.8, 4) is 0 Å². The zero-order valence-electron chi connectivity index (χ0n) is 15.4. The minimum Gasteiger partial charge on any atom is -0.460 e. The minimum atomic E-state index is -0.439. The fourth-order valence-corrected chi connectivity index (χ4v) is 4.07. The number of hydrogen-bond donors (Lipinski definition) is 0. The minimum absolute atomic E-state index is 0.0528. The number of ether oxygens (including phenoxy) is 1. The van der Waals surface area contributed by atoms with Gasteiger partial charge in [-0.15, -0.1) is 0 Å². The standard InChI is InChI=1S/C18H25BrN4O2/c1-11-8-14(19)23-15(11)16(20-10-21-23)22-7-6-13(9-12(22)2)17(24)25-18(3,4)5/h8,10,12-13H,6-7,9H2,1-5H3/t12-,13-/m0/s1. The molecule has 25 heavy (non-hydrogen) atoms. The fourth-order valence-electron chi connectivity index (χ4n) is 3.46. The summed E-state index contributed by atoms with van der Waals surface area (Å²) in [4.78, 5) is 19.2. The van der Waals surface area contributed by atoms with Crippen molar-refractivity contribution in [2.24, 2.45) is 5.92 Å². The van der Waals surface area contributed by atoms with E-state index >= 15 is 0 Å². The molecule has 3 heterocycles. The smallest absolute Gasteiger partial charge is 0.309 e. The molecule has 0 N–H and O–H groups in total. The van der Waals surface area contributed by atoms with E-state index in [0.717, 1.165) is 40.9 Å². The maximum absolute atomic E-state index is 12.4. The van der Waals surface area contributed by atoms with E-state index in [1.54, 1.807) is 6.33 Å². The highest BCUT2D eigenvalue weighted by Crippen LogP contribution is 2.33. The van der Waals surface area contributed by atoms with Crippen LogP contribution in [0, 0.1) is 12.8 Å². The lowest BCUT2D eigenvalue weighted by molar-refractivity contribution is -0.161. The second-order valence-corrected chi connectivity index (χ2v) is 8.60. The zero-order chi connectivity index (χ0) is 18.4. The van der Waals surface area contributed by atoms with Gasteiger partial charge in [-0.05, 0) is 75.0 Å². The van der Waals surface area contributed by atoms with Crippen LogP contribution in [-0.4, -0.2) is 38.8 Å². The molecule has 0 bridgehead atoms. The number of aromatic nitrogens is 3. The highest BCUT2D eigenvalue weighted by molar-refractivity contribution is 9.10. The van der Waals surface area contributed by atoms with Crippen LogP contribution in [0.5, 0.6) is 0 Å². The van der Waals surface area contributed by atoms with E-state index in [2.05, 4.69) is 44.8 Å². The summed E-state index contributed by atoms with van der Waals surface area (Å²) in [7, 11) is 0. The molecule has 0 aromatic carbocycles. The number of halogens is 1. The van der Waals surface area contributed by atoms with E-state index in [1.807, 2.05) is 31.4 Å². The summed E-state index contributed by atoms with van der Waals surface area (Å²) in [6.07, 6.45) is 3.13. The van der Waals surface area contributed by atoms with Crippen LogP contribution in [0.3, 0.4) is 0 Å². The van der Waals surface area contributed by atoms with E-state index in [-0.39, 0.29) is 17.9 Å². The average molecular weight is 409 g/mol. The lowest BCUT2D eigenvalue weighted by Crippen LogP contribution is -2.44. The van der Waals surface area contributed by atoms with E-state index in [0.29, 0.717) is 0 Å². The van der Waals surface area contributed by atoms with E-state index < -0.39 is 5.60 Å². The molecule has 136 valence electrons. The Morgan fingerprint density at radius 3 is 2.76 bits per heavy atom. The Morgan fingerprint density at radius 2 is 2.12 bits per heavy atom. The van der Waals surface area contributed by atoms with Crippen molar-refractivity contribution in [2.75, 3.05) is 11.4 Å². The first-order chi connectivity index (χ1) is 11.7. The maximum atomic E-state index is 12.4. The molecule has 0 unspecified atom stereocenters. The van der Waals surface area contributed by atoms with Crippen molar-refractivity contribution >= 4 is 33.2 Å². The van der Waals surface area contributed by atoms with Crippen molar-refractivity contribution in [3.05, 3.63) is 22.6 Å². The quantitative estimate of drug-likeness (QED) is 0.708. The van der Waals surface area contributed by atoms with Crippen LogP contribution in [0.2, 0.25) is 0 Å². The summed E-state index contributed by atoms with van der Waals surface area (Å²) in [5.74, 6) is 0.782. The predicted octanol–water partition coefficient (Wildman–Crippen LogP) is 3.75. The van der Waals surface area contributed by atoms with Gasteiger partial charge in [0.15, 0.2) is 5.82 Å². The summed E-state index contributed by atoms with van der Waals surface area (Å²) in [5, 5.41) is 4.32. The first-order valence-electron chi connectivity index (χ1n) is 8.65. The number of anilines is 1. The van der Waals surface area contributed by atoms with Gasteiger partial charge in [-0.2, -0.15) is 5.10 Å². The molecule has 1 aliphatic heterocycles. The largest absolute Gasteiger partial charge is 0.460 e. The number of fused-ring (bicyclic) bond motifs is 1. The summed E-state index contributed by atoms with van der Waals surface area (Å²) in [6, 6.07) is 2.25. The van der Waals surface area contributed by atoms with E-state index in [4.69, 9.17) is 4.74 Å². The Labute approximate surface area is 156 Å². The third-order valence-electron chi connectivity index (χ3n) is 4.57. The lowest BCUT2D eigenvalue weighted by Gasteiger charge is -2.38. The number of nitrogens with zero attached hydrogens (tertiary/aromatic N) is 4. The van der Waals surface area contributed by atoms with Crippen molar-refractivity contribution in [1.29, 1.82) is 0 Å². The van der Waals surface area contributed by atoms with Gasteiger partial charge in [-0.1, -0.05) is 0 Å². The van der Waals surface area contributed by atoms with Gasteiger partial charge >= 0.3 is 5.97 Å². The zero-order valence-corrected chi connectivity index (χ0v) is 17.0. The molecule has 0 amide bonds. The number of carbonyl (C=O) groups is 1. The van der Waals surface area contributed by atoms with Gasteiger partial charge in [0, 0.05) is 12.6 Å². The van der Waals surface area contributed by atoms with E-state index in [9.17, 15) is 4.79 Å². The SMILES string of the molecule is Cc1cc(Br)n2ncnc(N3CC[C@H](C(=O)OC(C)(C)C)C[C@@H]3C)c12. The fraction of sp³-hybridized carbons (Fsp3) is 0.611. The van der Waals surface area contributed by atoms with Gasteiger partial charge < -0.3 is 9.64 Å². The second-order valence-electron chi connectivity index (χ2n) is 7.79. The van der Waals surface area contributed by atoms with Crippen LogP contribution >= 0.6 is 15.9 Å². The first-order valence-corrected chi connectivity index (χ1v) is 9.45. The Kier molecular flexibility index (Phi) is 4.79. The molecular formula is C18H25BrN4O2. The molecule has 2 aromatic rings. The summed E-state index contributed by atoms with van der Waals surface area (Å²) in [5.41, 5.74) is 1.70. The van der Waals surface area contributed by atoms with Crippen molar-refractivity contribution in [2.45, 2.75) is 59.1 Å². The average Bonchev–Trinajstić information content (AvgIpc) is 2.80. The highest BCUT2D eigenvalue weighted by Gasteiger charge is 2.34. The third-order valence-corrected chi connectivity index (χ3v) is 5.14. The maximum Gasteiger partial charge on any atom is 0.309 e. The normalized spacial score (nSPS) is 21.6. The summed E-state index contributed by atoms with van der Waals surface area (Å²) >= 11 is 3.54. The molecule has 1 saturated heterocycles. The van der Waals surface area contributed by atoms with Crippen LogP contribution in [-0.2, 0) is 9.53 Å². The molecule has 3 rings (SSSR count). The van der Waals surface area contributed by atoms with Gasteiger partial charge in [0.1, 0.15) is 22.0 Å². The number of esters is 1. The number of piperidine rings is 1. The van der Waals surface area contributed by atoms with Crippen LogP contribution in [0.25, 0.3) is 5.52 Å². The molecule has 1 fully saturated rings. The Morgan fingerprint density at radius 1 is 1.40 bits per heavy atom. The molecular weight excluding hydrogens is 384 g/mol. The number of aryl methyl sites for hydroxylation is 1. The highest BCUT2D eigenvalue weighted by atomic mass is 79.9. The lowest BCUT2D eigenvalue weighted by atomic mass is 9.91. The van der Waals surface area contributed by atoms with Gasteiger partial charge in [-0.3, -0.25) is 4.79 Å².